The third-order valence-corrected chi connectivity index (χ3v) is 2.19. The second kappa shape index (κ2) is 7.17. The van der Waals surface area contributed by atoms with E-state index in [1.807, 2.05) is 13.0 Å². The lowest BCUT2D eigenvalue weighted by molar-refractivity contribution is 0.163. The molecule has 1 aromatic carbocycles. The number of benzene rings is 1. The minimum Gasteiger partial charge on any atom is -0.494 e. The van der Waals surface area contributed by atoms with Crippen molar-refractivity contribution in [2.45, 2.75) is 13.3 Å². The van der Waals surface area contributed by atoms with Crippen molar-refractivity contribution in [3.8, 4) is 17.6 Å². The Morgan fingerprint density at radius 2 is 2.17 bits per heavy atom. The monoisotopic (exact) mass is 248 g/mol. The van der Waals surface area contributed by atoms with Crippen molar-refractivity contribution >= 4 is 6.09 Å². The van der Waals surface area contributed by atoms with Crippen molar-refractivity contribution < 1.29 is 14.3 Å². The van der Waals surface area contributed by atoms with E-state index in [4.69, 9.17) is 14.7 Å². The van der Waals surface area contributed by atoms with Gasteiger partial charge in [-0.3, -0.25) is 0 Å². The van der Waals surface area contributed by atoms with E-state index < -0.39 is 6.09 Å². The summed E-state index contributed by atoms with van der Waals surface area (Å²) in [7, 11) is 1.59. The molecule has 18 heavy (non-hydrogen) atoms. The molecule has 0 aromatic heterocycles. The topological polar surface area (TPSA) is 62.6 Å². The van der Waals surface area contributed by atoms with Gasteiger partial charge in [-0.05, 0) is 19.1 Å². The average Bonchev–Trinajstić information content (AvgIpc) is 2.36. The van der Waals surface area contributed by atoms with Crippen LogP contribution in [0.25, 0.3) is 0 Å². The van der Waals surface area contributed by atoms with E-state index in [0.29, 0.717) is 24.7 Å². The van der Waals surface area contributed by atoms with Crippen LogP contribution in [0.4, 0.5) is 4.79 Å². The zero-order valence-electron chi connectivity index (χ0n) is 10.5. The first-order chi connectivity index (χ1) is 8.67. The highest BCUT2D eigenvalue weighted by Crippen LogP contribution is 2.19. The maximum Gasteiger partial charge on any atom is 0.414 e. The van der Waals surface area contributed by atoms with Crippen LogP contribution in [-0.4, -0.2) is 31.2 Å². The van der Waals surface area contributed by atoms with Gasteiger partial charge in [0.25, 0.3) is 0 Å². The van der Waals surface area contributed by atoms with E-state index in [-0.39, 0.29) is 6.42 Å². The van der Waals surface area contributed by atoms with Gasteiger partial charge in [-0.2, -0.15) is 5.26 Å². The van der Waals surface area contributed by atoms with E-state index >= 15 is 0 Å². The Morgan fingerprint density at radius 1 is 1.44 bits per heavy atom. The van der Waals surface area contributed by atoms with Gasteiger partial charge in [0, 0.05) is 19.7 Å². The van der Waals surface area contributed by atoms with E-state index in [1.54, 1.807) is 31.3 Å². The molecule has 0 aliphatic rings. The summed E-state index contributed by atoms with van der Waals surface area (Å²) in [6.45, 7) is 2.79. The van der Waals surface area contributed by atoms with E-state index in [1.165, 1.54) is 4.90 Å². The Kier molecular flexibility index (Phi) is 5.52. The van der Waals surface area contributed by atoms with Gasteiger partial charge >= 0.3 is 6.09 Å². The molecule has 0 saturated carbocycles. The number of ether oxygens (including phenoxy) is 2. The van der Waals surface area contributed by atoms with Crippen molar-refractivity contribution in [3.05, 3.63) is 24.3 Å². The molecule has 0 saturated heterocycles. The molecule has 0 unspecified atom stereocenters. The third kappa shape index (κ3) is 4.34. The van der Waals surface area contributed by atoms with E-state index in [2.05, 4.69) is 0 Å². The van der Waals surface area contributed by atoms with Crippen LogP contribution in [0, 0.1) is 11.3 Å². The van der Waals surface area contributed by atoms with Crippen LogP contribution in [0.1, 0.15) is 13.3 Å². The lowest BCUT2D eigenvalue weighted by Gasteiger charge is -2.15. The summed E-state index contributed by atoms with van der Waals surface area (Å²) < 4.78 is 10.5. The fourth-order valence-electron chi connectivity index (χ4n) is 1.28. The quantitative estimate of drug-likeness (QED) is 0.802. The maximum absolute atomic E-state index is 11.6. The Balaban J connectivity index is 2.58. The summed E-state index contributed by atoms with van der Waals surface area (Å²) in [5.74, 6) is 1.08. The molecule has 0 N–H and O–H groups in total. The van der Waals surface area contributed by atoms with Gasteiger partial charge in [0.15, 0.2) is 0 Å². The molecule has 5 heteroatoms. The van der Waals surface area contributed by atoms with Gasteiger partial charge in [0.1, 0.15) is 11.5 Å². The molecule has 0 spiro atoms. The first kappa shape index (κ1) is 13.8. The number of nitrogens with zero attached hydrogens (tertiary/aromatic N) is 2. The first-order valence-corrected chi connectivity index (χ1v) is 5.70. The molecule has 0 heterocycles. The third-order valence-electron chi connectivity index (χ3n) is 2.19. The normalized spacial score (nSPS) is 9.39. The number of nitriles is 1. The molecule has 0 atom stereocenters. The SMILES string of the molecule is CCOc1cccc(OC(=O)N(C)CCC#N)c1. The molecule has 1 aromatic rings. The summed E-state index contributed by atoms with van der Waals surface area (Å²) in [5, 5.41) is 8.44. The van der Waals surface area contributed by atoms with Crippen molar-refractivity contribution in [2.75, 3.05) is 20.2 Å². The standard InChI is InChI=1S/C13H16N2O3/c1-3-17-11-6-4-7-12(10-11)18-13(16)15(2)9-5-8-14/h4,6-7,10H,3,5,9H2,1-2H3. The largest absolute Gasteiger partial charge is 0.494 e. The molecule has 0 aliphatic carbocycles. The lowest BCUT2D eigenvalue weighted by Crippen LogP contribution is -2.30. The van der Waals surface area contributed by atoms with E-state index in [9.17, 15) is 4.79 Å². The van der Waals surface area contributed by atoms with Crippen LogP contribution in [0.15, 0.2) is 24.3 Å². The summed E-state index contributed by atoms with van der Waals surface area (Å²) >= 11 is 0. The summed E-state index contributed by atoms with van der Waals surface area (Å²) in [6.07, 6.45) is -0.205. The summed E-state index contributed by atoms with van der Waals surface area (Å²) in [5.41, 5.74) is 0. The Labute approximate surface area is 107 Å². The number of rotatable bonds is 5. The molecule has 0 aliphatic heterocycles. The predicted octanol–water partition coefficient (Wildman–Crippen LogP) is 2.43. The first-order valence-electron chi connectivity index (χ1n) is 5.70. The summed E-state index contributed by atoms with van der Waals surface area (Å²) in [6, 6.07) is 8.85. The minimum atomic E-state index is -0.487. The smallest absolute Gasteiger partial charge is 0.414 e. The van der Waals surface area contributed by atoms with Crippen LogP contribution >= 0.6 is 0 Å². The number of amides is 1. The fourth-order valence-corrected chi connectivity index (χ4v) is 1.28. The predicted molar refractivity (Wildman–Crippen MR) is 66.5 cm³/mol. The van der Waals surface area contributed by atoms with Gasteiger partial charge in [0.05, 0.1) is 19.1 Å². The van der Waals surface area contributed by atoms with Gasteiger partial charge in [-0.15, -0.1) is 0 Å². The van der Waals surface area contributed by atoms with Crippen LogP contribution in [0.2, 0.25) is 0 Å². The van der Waals surface area contributed by atoms with Crippen LogP contribution in [0.5, 0.6) is 11.5 Å². The number of carbonyl (C=O) groups is 1. The maximum atomic E-state index is 11.6. The van der Waals surface area contributed by atoms with Crippen LogP contribution < -0.4 is 9.47 Å². The highest BCUT2D eigenvalue weighted by atomic mass is 16.6. The Morgan fingerprint density at radius 3 is 2.83 bits per heavy atom. The minimum absolute atomic E-state index is 0.282. The van der Waals surface area contributed by atoms with Crippen LogP contribution in [-0.2, 0) is 0 Å². The molecular formula is C13H16N2O3. The second-order valence-electron chi connectivity index (χ2n) is 3.61. The van der Waals surface area contributed by atoms with Crippen LogP contribution in [0.3, 0.4) is 0 Å². The molecular weight excluding hydrogens is 232 g/mol. The van der Waals surface area contributed by atoms with Crippen molar-refractivity contribution in [3.63, 3.8) is 0 Å². The van der Waals surface area contributed by atoms with Crippen molar-refractivity contribution in [1.82, 2.24) is 4.90 Å². The molecule has 0 bridgehead atoms. The average molecular weight is 248 g/mol. The second-order valence-corrected chi connectivity index (χ2v) is 3.61. The Bertz CT molecular complexity index is 440. The van der Waals surface area contributed by atoms with Crippen molar-refractivity contribution in [1.29, 1.82) is 5.26 Å². The number of hydrogen-bond acceptors (Lipinski definition) is 4. The number of hydrogen-bond donors (Lipinski definition) is 0. The summed E-state index contributed by atoms with van der Waals surface area (Å²) in [4.78, 5) is 13.0. The van der Waals surface area contributed by atoms with Gasteiger partial charge in [0.2, 0.25) is 0 Å². The van der Waals surface area contributed by atoms with Crippen molar-refractivity contribution in [2.24, 2.45) is 0 Å². The van der Waals surface area contributed by atoms with Gasteiger partial charge in [-0.1, -0.05) is 6.07 Å². The number of carbonyl (C=O) groups excluding carboxylic acids is 1. The molecule has 1 rings (SSSR count). The molecule has 5 nitrogen and oxygen atoms in total. The molecule has 1 amide bonds. The zero-order chi connectivity index (χ0) is 13.4. The van der Waals surface area contributed by atoms with Gasteiger partial charge in [-0.25, -0.2) is 4.79 Å². The molecule has 96 valence electrons. The fraction of sp³-hybridized carbons (Fsp3) is 0.385. The molecule has 0 radical (unpaired) electrons. The van der Waals surface area contributed by atoms with E-state index in [0.717, 1.165) is 0 Å². The zero-order valence-corrected chi connectivity index (χ0v) is 10.5. The van der Waals surface area contributed by atoms with Gasteiger partial charge < -0.3 is 14.4 Å². The Hall–Kier alpha value is -2.22. The highest BCUT2D eigenvalue weighted by molar-refractivity contribution is 5.70. The lowest BCUT2D eigenvalue weighted by atomic mass is 10.3. The molecule has 0 fully saturated rings. The highest BCUT2D eigenvalue weighted by Gasteiger charge is 2.11.